The van der Waals surface area contributed by atoms with Crippen LogP contribution in [0.5, 0.6) is 5.75 Å². The van der Waals surface area contributed by atoms with Crippen LogP contribution in [0.3, 0.4) is 0 Å². The zero-order chi connectivity index (χ0) is 19.7. The van der Waals surface area contributed by atoms with Crippen LogP contribution in [0, 0.1) is 5.92 Å². The summed E-state index contributed by atoms with van der Waals surface area (Å²) in [6.07, 6.45) is 2.38. The van der Waals surface area contributed by atoms with E-state index in [9.17, 15) is 5.11 Å². The minimum absolute atomic E-state index is 0.0199. The van der Waals surface area contributed by atoms with E-state index in [2.05, 4.69) is 44.2 Å². The quantitative estimate of drug-likeness (QED) is 0.721. The first-order valence-electron chi connectivity index (χ1n) is 10.3. The van der Waals surface area contributed by atoms with Gasteiger partial charge in [-0.05, 0) is 42.0 Å². The molecule has 1 N–H and O–H groups in total. The van der Waals surface area contributed by atoms with Crippen molar-refractivity contribution in [3.8, 4) is 5.75 Å². The Morgan fingerprint density at radius 3 is 2.71 bits per heavy atom. The molecule has 0 aromatic heterocycles. The van der Waals surface area contributed by atoms with Crippen molar-refractivity contribution >= 4 is 11.8 Å². The second-order valence-corrected chi connectivity index (χ2v) is 10.1. The Morgan fingerprint density at radius 1 is 1.18 bits per heavy atom. The number of hydrogen-bond acceptors (Lipinski definition) is 4. The van der Waals surface area contributed by atoms with Gasteiger partial charge in [0.25, 0.3) is 0 Å². The standard InChI is InChI=1S/C24H30O3S/c1-4-20(25)23-27-22-18-11-8-12-21(26-15-16-9-6-5-7-10-16)17(18)13-14-19(22)24(2,3)28-23/h5-12,19-20,22-23,25H,4,13-15H2,1-3H3/t19-,20+,22+,23-/m1/s1. The van der Waals surface area contributed by atoms with Crippen LogP contribution in [0.2, 0.25) is 0 Å². The number of benzene rings is 2. The smallest absolute Gasteiger partial charge is 0.130 e. The summed E-state index contributed by atoms with van der Waals surface area (Å²) in [5.41, 5.74) is 3.50. The first-order chi connectivity index (χ1) is 13.5. The lowest BCUT2D eigenvalue weighted by molar-refractivity contribution is -0.0794. The Morgan fingerprint density at radius 2 is 1.96 bits per heavy atom. The largest absolute Gasteiger partial charge is 0.489 e. The highest BCUT2D eigenvalue weighted by Crippen LogP contribution is 2.55. The van der Waals surface area contributed by atoms with Gasteiger partial charge in [0.2, 0.25) is 0 Å². The van der Waals surface area contributed by atoms with E-state index in [1.54, 1.807) is 11.8 Å². The van der Waals surface area contributed by atoms with Gasteiger partial charge in [-0.15, -0.1) is 11.8 Å². The maximum Gasteiger partial charge on any atom is 0.130 e. The van der Waals surface area contributed by atoms with E-state index >= 15 is 0 Å². The van der Waals surface area contributed by atoms with Crippen molar-refractivity contribution in [2.45, 2.75) is 69.0 Å². The van der Waals surface area contributed by atoms with E-state index < -0.39 is 6.10 Å². The maximum absolute atomic E-state index is 10.4. The second-order valence-electron chi connectivity index (χ2n) is 8.37. The predicted molar refractivity (Wildman–Crippen MR) is 115 cm³/mol. The topological polar surface area (TPSA) is 38.7 Å². The SMILES string of the molecule is CC[C@H](O)[C@@H]1O[C@H]2c3cccc(OCc4ccccc4)c3CC[C@H]2C(C)(C)S1. The maximum atomic E-state index is 10.4. The Hall–Kier alpha value is -1.49. The zero-order valence-electron chi connectivity index (χ0n) is 16.9. The number of rotatable bonds is 5. The van der Waals surface area contributed by atoms with Gasteiger partial charge in [0, 0.05) is 10.7 Å². The second kappa shape index (κ2) is 8.10. The molecular formula is C24H30O3S. The molecule has 4 heteroatoms. The summed E-state index contributed by atoms with van der Waals surface area (Å²) in [6.45, 7) is 7.19. The number of thioether (sulfide) groups is 1. The summed E-state index contributed by atoms with van der Waals surface area (Å²) in [4.78, 5) is 0. The molecule has 28 heavy (non-hydrogen) atoms. The average Bonchev–Trinajstić information content (AvgIpc) is 2.71. The van der Waals surface area contributed by atoms with Crippen molar-refractivity contribution in [1.82, 2.24) is 0 Å². The number of ether oxygens (including phenoxy) is 2. The summed E-state index contributed by atoms with van der Waals surface area (Å²) in [5.74, 6) is 1.40. The number of aliphatic hydroxyl groups excluding tert-OH is 1. The minimum atomic E-state index is -0.437. The molecule has 0 radical (unpaired) electrons. The third-order valence-corrected chi connectivity index (χ3v) is 7.68. The first kappa shape index (κ1) is 19.8. The molecule has 2 aliphatic rings. The lowest BCUT2D eigenvalue weighted by atomic mass is 9.75. The Balaban J connectivity index is 1.60. The highest BCUT2D eigenvalue weighted by atomic mass is 32.2. The van der Waals surface area contributed by atoms with E-state index in [1.807, 2.05) is 25.1 Å². The van der Waals surface area contributed by atoms with Crippen LogP contribution in [0.4, 0.5) is 0 Å². The van der Waals surface area contributed by atoms with Crippen LogP contribution in [0.15, 0.2) is 48.5 Å². The minimum Gasteiger partial charge on any atom is -0.489 e. The van der Waals surface area contributed by atoms with Gasteiger partial charge in [-0.3, -0.25) is 0 Å². The summed E-state index contributed by atoms with van der Waals surface area (Å²) in [7, 11) is 0. The van der Waals surface area contributed by atoms with E-state index in [1.165, 1.54) is 16.7 Å². The van der Waals surface area contributed by atoms with E-state index in [0.717, 1.165) is 18.6 Å². The number of fused-ring (bicyclic) bond motifs is 3. The Labute approximate surface area is 172 Å². The summed E-state index contributed by atoms with van der Waals surface area (Å²) < 4.78 is 12.8. The monoisotopic (exact) mass is 398 g/mol. The van der Waals surface area contributed by atoms with E-state index in [4.69, 9.17) is 9.47 Å². The summed E-state index contributed by atoms with van der Waals surface area (Å²) >= 11 is 1.79. The van der Waals surface area contributed by atoms with Gasteiger partial charge in [0.15, 0.2) is 0 Å². The van der Waals surface area contributed by atoms with E-state index in [-0.39, 0.29) is 16.3 Å². The fourth-order valence-corrected chi connectivity index (χ4v) is 6.00. The molecule has 1 aliphatic heterocycles. The van der Waals surface area contributed by atoms with Crippen LogP contribution in [-0.4, -0.2) is 21.4 Å². The molecule has 1 heterocycles. The van der Waals surface area contributed by atoms with E-state index in [0.29, 0.717) is 18.9 Å². The van der Waals surface area contributed by atoms with Crippen LogP contribution in [0.25, 0.3) is 0 Å². The van der Waals surface area contributed by atoms with Gasteiger partial charge in [-0.25, -0.2) is 0 Å². The van der Waals surface area contributed by atoms with Gasteiger partial charge in [0.1, 0.15) is 17.8 Å². The lowest BCUT2D eigenvalue weighted by Gasteiger charge is -2.50. The Kier molecular flexibility index (Phi) is 5.73. The summed E-state index contributed by atoms with van der Waals surface area (Å²) in [6, 6.07) is 16.6. The van der Waals surface area contributed by atoms with Crippen molar-refractivity contribution in [3.05, 3.63) is 65.2 Å². The molecule has 4 atom stereocenters. The third kappa shape index (κ3) is 3.83. The van der Waals surface area contributed by atoms with Gasteiger partial charge in [0.05, 0.1) is 12.2 Å². The van der Waals surface area contributed by atoms with Crippen molar-refractivity contribution in [2.24, 2.45) is 5.92 Å². The third-order valence-electron chi connectivity index (χ3n) is 6.11. The Bertz CT molecular complexity index is 805. The van der Waals surface area contributed by atoms with Crippen LogP contribution in [-0.2, 0) is 17.8 Å². The molecule has 2 aromatic carbocycles. The van der Waals surface area contributed by atoms with Crippen molar-refractivity contribution in [3.63, 3.8) is 0 Å². The highest BCUT2D eigenvalue weighted by Gasteiger charge is 2.48. The molecule has 0 bridgehead atoms. The zero-order valence-corrected chi connectivity index (χ0v) is 17.7. The van der Waals surface area contributed by atoms with Gasteiger partial charge in [-0.2, -0.15) is 0 Å². The molecule has 3 nitrogen and oxygen atoms in total. The molecule has 1 saturated heterocycles. The number of hydrogen-bond donors (Lipinski definition) is 1. The fraction of sp³-hybridized carbons (Fsp3) is 0.500. The fourth-order valence-electron chi connectivity index (χ4n) is 4.46. The normalized spacial score (nSPS) is 26.8. The van der Waals surface area contributed by atoms with Crippen molar-refractivity contribution in [2.75, 3.05) is 0 Å². The molecule has 150 valence electrons. The number of aliphatic hydroxyl groups is 1. The van der Waals surface area contributed by atoms with Crippen LogP contribution in [0.1, 0.15) is 56.4 Å². The molecule has 0 amide bonds. The lowest BCUT2D eigenvalue weighted by Crippen LogP contribution is -2.47. The highest BCUT2D eigenvalue weighted by molar-refractivity contribution is 8.01. The van der Waals surface area contributed by atoms with Gasteiger partial charge < -0.3 is 14.6 Å². The van der Waals surface area contributed by atoms with Crippen LogP contribution < -0.4 is 4.74 Å². The summed E-state index contributed by atoms with van der Waals surface area (Å²) in [5, 5.41) is 10.4. The predicted octanol–water partition coefficient (Wildman–Crippen LogP) is 5.51. The molecule has 0 unspecified atom stereocenters. The molecule has 0 saturated carbocycles. The molecule has 1 aliphatic carbocycles. The molecule has 1 fully saturated rings. The van der Waals surface area contributed by atoms with Crippen molar-refractivity contribution in [1.29, 1.82) is 0 Å². The molecule has 0 spiro atoms. The van der Waals surface area contributed by atoms with Crippen molar-refractivity contribution < 1.29 is 14.6 Å². The van der Waals surface area contributed by atoms with Crippen LogP contribution >= 0.6 is 11.8 Å². The van der Waals surface area contributed by atoms with Gasteiger partial charge in [-0.1, -0.05) is 63.2 Å². The first-order valence-corrected chi connectivity index (χ1v) is 11.2. The average molecular weight is 399 g/mol. The molecular weight excluding hydrogens is 368 g/mol. The molecule has 2 aromatic rings. The van der Waals surface area contributed by atoms with Gasteiger partial charge >= 0.3 is 0 Å². The molecule has 4 rings (SSSR count).